The molecule has 0 bridgehead atoms. The Labute approximate surface area is 159 Å². The first-order chi connectivity index (χ1) is 13.0. The van der Waals surface area contributed by atoms with Crippen LogP contribution >= 0.6 is 0 Å². The van der Waals surface area contributed by atoms with Gasteiger partial charge in [-0.3, -0.25) is 19.8 Å². The molecule has 1 aliphatic carbocycles. The molecule has 0 aromatic heterocycles. The molecule has 0 radical (unpaired) electrons. The van der Waals surface area contributed by atoms with Gasteiger partial charge in [0.25, 0.3) is 11.6 Å². The topological polar surface area (TPSA) is 75.5 Å². The van der Waals surface area contributed by atoms with E-state index >= 15 is 0 Å². The Bertz CT molecular complexity index is 816. The Balaban J connectivity index is 1.72. The van der Waals surface area contributed by atoms with E-state index in [9.17, 15) is 14.9 Å². The van der Waals surface area contributed by atoms with Crippen LogP contribution in [0.5, 0.6) is 0 Å². The zero-order valence-electron chi connectivity index (χ0n) is 15.6. The highest BCUT2D eigenvalue weighted by Gasteiger charge is 2.19. The number of nitrogens with one attached hydrogen (secondary N) is 1. The minimum absolute atomic E-state index is 0.0898. The number of carbonyl (C=O) groups is 1. The molecule has 1 N–H and O–H groups in total. The van der Waals surface area contributed by atoms with Crippen LogP contribution in [0.2, 0.25) is 0 Å². The van der Waals surface area contributed by atoms with Crippen LogP contribution in [-0.4, -0.2) is 28.8 Å². The van der Waals surface area contributed by atoms with Crippen molar-refractivity contribution in [2.24, 2.45) is 0 Å². The van der Waals surface area contributed by atoms with Crippen LogP contribution in [0.4, 0.5) is 11.4 Å². The molecule has 2 aromatic rings. The molecule has 6 nitrogen and oxygen atoms in total. The lowest BCUT2D eigenvalue weighted by Gasteiger charge is -2.31. The summed E-state index contributed by atoms with van der Waals surface area (Å²) in [5.41, 5.74) is 1.98. The van der Waals surface area contributed by atoms with E-state index in [1.807, 2.05) is 24.3 Å². The lowest BCUT2D eigenvalue weighted by atomic mass is 9.94. The van der Waals surface area contributed by atoms with Crippen molar-refractivity contribution in [2.75, 3.05) is 12.4 Å². The number of benzene rings is 2. The summed E-state index contributed by atoms with van der Waals surface area (Å²) >= 11 is 0. The average Bonchev–Trinajstić information content (AvgIpc) is 2.70. The zero-order valence-corrected chi connectivity index (χ0v) is 15.6. The van der Waals surface area contributed by atoms with Gasteiger partial charge in [-0.25, -0.2) is 0 Å². The first-order valence-electron chi connectivity index (χ1n) is 9.38. The van der Waals surface area contributed by atoms with Crippen molar-refractivity contribution in [3.05, 3.63) is 69.8 Å². The van der Waals surface area contributed by atoms with Crippen LogP contribution in [-0.2, 0) is 6.54 Å². The number of para-hydroxylation sites is 1. The molecule has 2 aromatic carbocycles. The molecular formula is C21H25N3O3. The fourth-order valence-electron chi connectivity index (χ4n) is 3.65. The minimum Gasteiger partial charge on any atom is -0.322 e. The van der Waals surface area contributed by atoms with Gasteiger partial charge in [0.1, 0.15) is 0 Å². The Morgan fingerprint density at radius 3 is 2.63 bits per heavy atom. The van der Waals surface area contributed by atoms with Gasteiger partial charge >= 0.3 is 0 Å². The fourth-order valence-corrected chi connectivity index (χ4v) is 3.65. The number of non-ortho nitro benzene ring substituents is 1. The summed E-state index contributed by atoms with van der Waals surface area (Å²) in [5, 5.41) is 13.8. The van der Waals surface area contributed by atoms with Crippen molar-refractivity contribution in [2.45, 2.75) is 44.7 Å². The molecule has 1 amide bonds. The van der Waals surface area contributed by atoms with Crippen LogP contribution in [0.1, 0.15) is 48.0 Å². The quantitative estimate of drug-likeness (QED) is 0.597. The standard InChI is InChI=1S/C21H25N3O3/c1-23(18-10-3-2-4-11-18)15-17-8-5-6-13-20(17)22-21(25)16-9-7-12-19(14-16)24(26)27/h5-9,12-14,18H,2-4,10-11,15H2,1H3,(H,22,25). The molecule has 3 rings (SSSR count). The van der Waals surface area contributed by atoms with E-state index in [1.165, 1.54) is 50.3 Å². The summed E-state index contributed by atoms with van der Waals surface area (Å²) in [6.45, 7) is 0.760. The zero-order chi connectivity index (χ0) is 19.2. The molecular weight excluding hydrogens is 342 g/mol. The molecule has 0 unspecified atom stereocenters. The number of hydrogen-bond acceptors (Lipinski definition) is 4. The summed E-state index contributed by atoms with van der Waals surface area (Å²) in [5.74, 6) is -0.341. The number of nitrogens with zero attached hydrogens (tertiary/aromatic N) is 2. The molecule has 0 spiro atoms. The Morgan fingerprint density at radius 2 is 1.89 bits per heavy atom. The third-order valence-electron chi connectivity index (χ3n) is 5.20. The van der Waals surface area contributed by atoms with Crippen LogP contribution in [0.25, 0.3) is 0 Å². The lowest BCUT2D eigenvalue weighted by molar-refractivity contribution is -0.384. The molecule has 27 heavy (non-hydrogen) atoms. The minimum atomic E-state index is -0.496. The van der Waals surface area contributed by atoms with E-state index in [-0.39, 0.29) is 17.2 Å². The first-order valence-corrected chi connectivity index (χ1v) is 9.38. The van der Waals surface area contributed by atoms with Gasteiger partial charge in [0.2, 0.25) is 0 Å². The second-order valence-electron chi connectivity index (χ2n) is 7.13. The molecule has 0 heterocycles. The summed E-state index contributed by atoms with van der Waals surface area (Å²) < 4.78 is 0. The molecule has 6 heteroatoms. The van der Waals surface area contributed by atoms with Gasteiger partial charge in [-0.1, -0.05) is 43.5 Å². The summed E-state index contributed by atoms with van der Waals surface area (Å²) in [6, 6.07) is 14.1. The van der Waals surface area contributed by atoms with Crippen molar-refractivity contribution in [3.8, 4) is 0 Å². The van der Waals surface area contributed by atoms with Crippen LogP contribution in [0, 0.1) is 10.1 Å². The van der Waals surface area contributed by atoms with Gasteiger partial charge in [-0.2, -0.15) is 0 Å². The first kappa shape index (κ1) is 19.0. The molecule has 0 atom stereocenters. The second-order valence-corrected chi connectivity index (χ2v) is 7.13. The smallest absolute Gasteiger partial charge is 0.270 e. The molecule has 1 aliphatic rings. The maximum absolute atomic E-state index is 12.6. The Kier molecular flexibility index (Phi) is 6.19. The number of rotatable bonds is 6. The van der Waals surface area contributed by atoms with Gasteiger partial charge < -0.3 is 5.32 Å². The summed E-state index contributed by atoms with van der Waals surface area (Å²) in [6.07, 6.45) is 6.32. The molecule has 0 saturated heterocycles. The summed E-state index contributed by atoms with van der Waals surface area (Å²) in [7, 11) is 2.13. The van der Waals surface area contributed by atoms with Crippen molar-refractivity contribution in [1.29, 1.82) is 0 Å². The molecule has 1 fully saturated rings. The average molecular weight is 367 g/mol. The number of hydrogen-bond donors (Lipinski definition) is 1. The maximum Gasteiger partial charge on any atom is 0.270 e. The van der Waals surface area contributed by atoms with Gasteiger partial charge in [-0.15, -0.1) is 0 Å². The van der Waals surface area contributed by atoms with Crippen molar-refractivity contribution < 1.29 is 9.72 Å². The Morgan fingerprint density at radius 1 is 1.15 bits per heavy atom. The SMILES string of the molecule is CN(Cc1ccccc1NC(=O)c1cccc([N+](=O)[O-])c1)C1CCCCC1. The van der Waals surface area contributed by atoms with E-state index < -0.39 is 4.92 Å². The van der Waals surface area contributed by atoms with E-state index in [0.717, 1.165) is 17.8 Å². The monoisotopic (exact) mass is 367 g/mol. The van der Waals surface area contributed by atoms with E-state index in [1.54, 1.807) is 6.07 Å². The van der Waals surface area contributed by atoms with E-state index in [2.05, 4.69) is 17.3 Å². The maximum atomic E-state index is 12.6. The van der Waals surface area contributed by atoms with Crippen LogP contribution < -0.4 is 5.32 Å². The molecule has 1 saturated carbocycles. The number of amides is 1. The van der Waals surface area contributed by atoms with E-state index in [4.69, 9.17) is 0 Å². The largest absolute Gasteiger partial charge is 0.322 e. The molecule has 142 valence electrons. The Hall–Kier alpha value is -2.73. The number of nitro groups is 1. The van der Waals surface area contributed by atoms with Crippen molar-refractivity contribution in [1.82, 2.24) is 4.90 Å². The normalized spacial score (nSPS) is 14.9. The third-order valence-corrected chi connectivity index (χ3v) is 5.20. The van der Waals surface area contributed by atoms with Gasteiger partial charge in [0, 0.05) is 36.0 Å². The highest BCUT2D eigenvalue weighted by molar-refractivity contribution is 6.05. The van der Waals surface area contributed by atoms with Crippen molar-refractivity contribution in [3.63, 3.8) is 0 Å². The van der Waals surface area contributed by atoms with Gasteiger partial charge in [0.15, 0.2) is 0 Å². The number of nitro benzene ring substituents is 1. The van der Waals surface area contributed by atoms with Gasteiger partial charge in [0.05, 0.1) is 4.92 Å². The predicted octanol–water partition coefficient (Wildman–Crippen LogP) is 4.61. The number of carbonyl (C=O) groups excluding carboxylic acids is 1. The lowest BCUT2D eigenvalue weighted by Crippen LogP contribution is -2.33. The second kappa shape index (κ2) is 8.77. The third kappa shape index (κ3) is 4.92. The van der Waals surface area contributed by atoms with Crippen LogP contribution in [0.3, 0.4) is 0 Å². The summed E-state index contributed by atoms with van der Waals surface area (Å²) in [4.78, 5) is 25.4. The van der Waals surface area contributed by atoms with Crippen molar-refractivity contribution >= 4 is 17.3 Å². The van der Waals surface area contributed by atoms with Gasteiger partial charge in [-0.05, 0) is 37.6 Å². The molecule has 0 aliphatic heterocycles. The predicted molar refractivity (Wildman–Crippen MR) is 106 cm³/mol. The fraction of sp³-hybridized carbons (Fsp3) is 0.381. The highest BCUT2D eigenvalue weighted by Crippen LogP contribution is 2.25. The highest BCUT2D eigenvalue weighted by atomic mass is 16.6. The van der Waals surface area contributed by atoms with Crippen LogP contribution in [0.15, 0.2) is 48.5 Å². The number of anilines is 1. The van der Waals surface area contributed by atoms with E-state index in [0.29, 0.717) is 6.04 Å².